The Balaban J connectivity index is 0. The smallest absolute Gasteiger partial charge is 0.226 e. The molecule has 0 aliphatic rings. The molecular formula is C4H12N2OSi. The van der Waals surface area contributed by atoms with E-state index in [-0.39, 0.29) is 5.48 Å². The van der Waals surface area contributed by atoms with Crippen LogP contribution in [0.1, 0.15) is 0 Å². The van der Waals surface area contributed by atoms with Gasteiger partial charge in [-0.05, 0) is 0 Å². The second-order valence-electron chi connectivity index (χ2n) is 2.61. The molecule has 3 nitrogen and oxygen atoms in total. The van der Waals surface area contributed by atoms with Crippen LogP contribution >= 0.6 is 0 Å². The zero-order chi connectivity index (χ0) is 5.91. The SMILES string of the molecule is C[Si](C)(C)C=[N+]=[N-].O. The largest absolute Gasteiger partial charge is 0.412 e. The summed E-state index contributed by atoms with van der Waals surface area (Å²) in [7, 11) is -1.20. The second kappa shape index (κ2) is 3.55. The predicted octanol–water partition coefficient (Wildman–Crippen LogP) is 0.340. The highest BCUT2D eigenvalue weighted by atomic mass is 28.3. The van der Waals surface area contributed by atoms with Gasteiger partial charge in [0.15, 0.2) is 8.07 Å². The van der Waals surface area contributed by atoms with E-state index in [0.29, 0.717) is 0 Å². The van der Waals surface area contributed by atoms with Crippen LogP contribution in [0.5, 0.6) is 0 Å². The zero-order valence-corrected chi connectivity index (χ0v) is 6.47. The van der Waals surface area contributed by atoms with Crippen molar-refractivity contribution in [1.82, 2.24) is 0 Å². The van der Waals surface area contributed by atoms with E-state index in [0.717, 1.165) is 0 Å². The van der Waals surface area contributed by atoms with Crippen molar-refractivity contribution >= 4 is 13.9 Å². The number of rotatable bonds is 1. The summed E-state index contributed by atoms with van der Waals surface area (Å²) in [4.78, 5) is 2.94. The standard InChI is InChI=1S/C4H10N2Si.H2O/c1-7(2,3)4-6-5;/h4H,1-3H3;1H2. The summed E-state index contributed by atoms with van der Waals surface area (Å²) in [5.41, 5.74) is 8.01. The minimum atomic E-state index is -1.20. The van der Waals surface area contributed by atoms with Crippen LogP contribution in [-0.4, -0.2) is 24.2 Å². The Labute approximate surface area is 50.3 Å². The molecule has 0 bridgehead atoms. The second-order valence-corrected chi connectivity index (χ2v) is 7.60. The van der Waals surface area contributed by atoms with Crippen molar-refractivity contribution in [2.45, 2.75) is 19.6 Å². The Bertz CT molecular complexity index is 101. The summed E-state index contributed by atoms with van der Waals surface area (Å²) in [6, 6.07) is 0. The quantitative estimate of drug-likeness (QED) is 0.214. The number of hydrogen-bond donors (Lipinski definition) is 0. The molecule has 0 aliphatic heterocycles. The molecule has 0 aliphatic carbocycles. The first kappa shape index (κ1) is 10.5. The fraction of sp³-hybridized carbons (Fsp3) is 0.750. The average molecular weight is 132 g/mol. The van der Waals surface area contributed by atoms with Crippen LogP contribution in [0.15, 0.2) is 0 Å². The fourth-order valence-corrected chi connectivity index (χ4v) is 0.520. The molecule has 0 rings (SSSR count). The van der Waals surface area contributed by atoms with Gasteiger partial charge in [0.25, 0.3) is 0 Å². The van der Waals surface area contributed by atoms with Crippen molar-refractivity contribution in [3.8, 4) is 0 Å². The van der Waals surface area contributed by atoms with Crippen LogP contribution in [-0.2, 0) is 0 Å². The van der Waals surface area contributed by atoms with Gasteiger partial charge in [-0.3, -0.25) is 0 Å². The Hall–Kier alpha value is -0.443. The molecule has 8 heavy (non-hydrogen) atoms. The molecule has 0 atom stereocenters. The molecule has 0 unspecified atom stereocenters. The lowest BCUT2D eigenvalue weighted by Crippen LogP contribution is -2.22. The molecule has 0 radical (unpaired) electrons. The Morgan fingerprint density at radius 3 is 1.75 bits per heavy atom. The molecule has 0 saturated heterocycles. The highest BCUT2D eigenvalue weighted by Crippen LogP contribution is 1.91. The van der Waals surface area contributed by atoms with Crippen LogP contribution in [0.3, 0.4) is 0 Å². The Morgan fingerprint density at radius 1 is 1.38 bits per heavy atom. The number of nitrogens with zero attached hydrogens (tertiary/aromatic N) is 2. The van der Waals surface area contributed by atoms with E-state index in [1.807, 2.05) is 0 Å². The van der Waals surface area contributed by atoms with Gasteiger partial charge in [0, 0.05) is 0 Å². The average Bonchev–Trinajstić information content (AvgIpc) is 1.30. The molecule has 0 fully saturated rings. The van der Waals surface area contributed by atoms with Crippen molar-refractivity contribution in [3.63, 3.8) is 0 Å². The molecule has 0 aromatic heterocycles. The molecule has 0 amide bonds. The van der Waals surface area contributed by atoms with E-state index in [1.54, 1.807) is 5.84 Å². The molecule has 2 N–H and O–H groups in total. The molecule has 0 spiro atoms. The van der Waals surface area contributed by atoms with E-state index >= 15 is 0 Å². The van der Waals surface area contributed by atoms with Gasteiger partial charge in [-0.2, -0.15) is 4.79 Å². The Kier molecular flexibility index (Phi) is 4.66. The first-order chi connectivity index (χ1) is 3.06. The summed E-state index contributed by atoms with van der Waals surface area (Å²) in [6.45, 7) is 6.31. The summed E-state index contributed by atoms with van der Waals surface area (Å²) < 4.78 is 0. The van der Waals surface area contributed by atoms with E-state index in [4.69, 9.17) is 5.53 Å². The lowest BCUT2D eigenvalue weighted by atomic mass is 11.7. The van der Waals surface area contributed by atoms with Crippen LogP contribution in [0.2, 0.25) is 19.6 Å². The fourth-order valence-electron chi connectivity index (χ4n) is 0.173. The van der Waals surface area contributed by atoms with Crippen LogP contribution in [0.4, 0.5) is 0 Å². The molecule has 0 saturated carbocycles. The lowest BCUT2D eigenvalue weighted by Gasteiger charge is -1.95. The van der Waals surface area contributed by atoms with Gasteiger partial charge in [-0.1, -0.05) is 19.6 Å². The van der Waals surface area contributed by atoms with Gasteiger partial charge < -0.3 is 11.0 Å². The molecule has 48 valence electrons. The monoisotopic (exact) mass is 132 g/mol. The van der Waals surface area contributed by atoms with Gasteiger partial charge in [0.2, 0.25) is 5.84 Å². The van der Waals surface area contributed by atoms with E-state index in [1.165, 1.54) is 0 Å². The van der Waals surface area contributed by atoms with Crippen LogP contribution in [0.25, 0.3) is 5.53 Å². The van der Waals surface area contributed by atoms with Gasteiger partial charge in [-0.15, -0.1) is 0 Å². The highest BCUT2D eigenvalue weighted by Gasteiger charge is 2.14. The third-order valence-corrected chi connectivity index (χ3v) is 1.34. The predicted molar refractivity (Wildman–Crippen MR) is 36.6 cm³/mol. The summed E-state index contributed by atoms with van der Waals surface area (Å²) in [6.07, 6.45) is 0. The first-order valence-corrected chi connectivity index (χ1v) is 5.82. The molecule has 4 heteroatoms. The minimum Gasteiger partial charge on any atom is -0.412 e. The molecule has 0 heterocycles. The van der Waals surface area contributed by atoms with Gasteiger partial charge >= 0.3 is 0 Å². The maximum absolute atomic E-state index is 8.01. The van der Waals surface area contributed by atoms with Gasteiger partial charge in [0.05, 0.1) is 0 Å². The number of hydrogen-bond acceptors (Lipinski definition) is 0. The van der Waals surface area contributed by atoms with Crippen molar-refractivity contribution < 1.29 is 10.3 Å². The summed E-state index contributed by atoms with van der Waals surface area (Å²) in [5, 5.41) is 0. The van der Waals surface area contributed by atoms with Gasteiger partial charge in [0.1, 0.15) is 0 Å². The third kappa shape index (κ3) is 9.12. The first-order valence-electron chi connectivity index (χ1n) is 2.25. The van der Waals surface area contributed by atoms with Crippen molar-refractivity contribution in [2.24, 2.45) is 0 Å². The van der Waals surface area contributed by atoms with Crippen LogP contribution < -0.4 is 0 Å². The van der Waals surface area contributed by atoms with Gasteiger partial charge in [-0.25, -0.2) is 0 Å². The zero-order valence-electron chi connectivity index (χ0n) is 5.47. The van der Waals surface area contributed by atoms with Crippen molar-refractivity contribution in [1.29, 1.82) is 0 Å². The topological polar surface area (TPSA) is 67.9 Å². The molecule has 0 aromatic carbocycles. The maximum Gasteiger partial charge on any atom is 0.226 e. The van der Waals surface area contributed by atoms with E-state index < -0.39 is 8.07 Å². The van der Waals surface area contributed by atoms with E-state index in [2.05, 4.69) is 24.4 Å². The summed E-state index contributed by atoms with van der Waals surface area (Å²) in [5.74, 6) is 1.63. The van der Waals surface area contributed by atoms with E-state index in [9.17, 15) is 0 Å². The van der Waals surface area contributed by atoms with Crippen molar-refractivity contribution in [3.05, 3.63) is 5.53 Å². The Morgan fingerprint density at radius 2 is 1.75 bits per heavy atom. The van der Waals surface area contributed by atoms with Crippen LogP contribution in [0, 0.1) is 0 Å². The van der Waals surface area contributed by atoms with Crippen molar-refractivity contribution in [2.75, 3.05) is 0 Å². The lowest BCUT2D eigenvalue weighted by molar-refractivity contribution is 0.00680. The third-order valence-electron chi connectivity index (χ3n) is 0.445. The normalized spacial score (nSPS) is 8.88. The summed E-state index contributed by atoms with van der Waals surface area (Å²) >= 11 is 0. The minimum absolute atomic E-state index is 0. The highest BCUT2D eigenvalue weighted by molar-refractivity contribution is 6.98. The maximum atomic E-state index is 8.01. The molecular weight excluding hydrogens is 120 g/mol. The molecule has 0 aromatic rings.